The fourth-order valence-electron chi connectivity index (χ4n) is 3.52. The second kappa shape index (κ2) is 10.5. The average molecular weight is 456 g/mol. The molecule has 0 aliphatic rings. The van der Waals surface area contributed by atoms with E-state index in [0.29, 0.717) is 52.5 Å². The van der Waals surface area contributed by atoms with Gasteiger partial charge in [-0.05, 0) is 23.8 Å². The van der Waals surface area contributed by atoms with E-state index in [2.05, 4.69) is 5.32 Å². The Morgan fingerprint density at radius 3 is 1.64 bits per heavy atom. The van der Waals surface area contributed by atoms with Gasteiger partial charge in [-0.1, -0.05) is 6.07 Å². The van der Waals surface area contributed by atoms with Crippen molar-refractivity contribution in [3.8, 4) is 40.2 Å². The van der Waals surface area contributed by atoms with Gasteiger partial charge in [0.1, 0.15) is 5.82 Å². The van der Waals surface area contributed by atoms with Gasteiger partial charge in [-0.2, -0.15) is 0 Å². The Kier molecular flexibility index (Phi) is 7.55. The molecule has 2 aromatic carbocycles. The van der Waals surface area contributed by atoms with Gasteiger partial charge in [0.25, 0.3) is 5.56 Å². The topological polar surface area (TPSA) is 89.4 Å². The van der Waals surface area contributed by atoms with Crippen LogP contribution in [0.4, 0.5) is 5.82 Å². The number of methoxy groups -OCH3 is 6. The summed E-state index contributed by atoms with van der Waals surface area (Å²) in [4.78, 5) is 12.8. The number of pyridine rings is 1. The Morgan fingerprint density at radius 1 is 0.697 bits per heavy atom. The zero-order chi connectivity index (χ0) is 24.0. The van der Waals surface area contributed by atoms with E-state index in [1.54, 1.807) is 39.5 Å². The van der Waals surface area contributed by atoms with Crippen LogP contribution in [-0.2, 0) is 6.54 Å². The summed E-state index contributed by atoms with van der Waals surface area (Å²) in [5.41, 5.74) is 1.21. The van der Waals surface area contributed by atoms with Crippen LogP contribution in [-0.4, -0.2) is 47.2 Å². The van der Waals surface area contributed by atoms with Crippen LogP contribution in [0, 0.1) is 0 Å². The molecule has 1 N–H and O–H groups in total. The summed E-state index contributed by atoms with van der Waals surface area (Å²) in [6.07, 6.45) is 0. The number of nitrogens with one attached hydrogen (secondary N) is 1. The van der Waals surface area contributed by atoms with Crippen molar-refractivity contribution in [2.24, 2.45) is 0 Å². The van der Waals surface area contributed by atoms with Gasteiger partial charge in [0.2, 0.25) is 11.5 Å². The summed E-state index contributed by atoms with van der Waals surface area (Å²) >= 11 is 0. The molecule has 1 aromatic heterocycles. The van der Waals surface area contributed by atoms with Crippen LogP contribution in [0.15, 0.2) is 47.3 Å². The highest BCUT2D eigenvalue weighted by Crippen LogP contribution is 2.40. The van der Waals surface area contributed by atoms with Crippen molar-refractivity contribution in [1.29, 1.82) is 0 Å². The van der Waals surface area contributed by atoms with Crippen molar-refractivity contribution in [2.45, 2.75) is 6.54 Å². The minimum Gasteiger partial charge on any atom is -0.493 e. The predicted molar refractivity (Wildman–Crippen MR) is 125 cm³/mol. The lowest BCUT2D eigenvalue weighted by Crippen LogP contribution is -2.21. The number of hydrogen-bond donors (Lipinski definition) is 1. The van der Waals surface area contributed by atoms with E-state index >= 15 is 0 Å². The van der Waals surface area contributed by atoms with Crippen molar-refractivity contribution in [3.63, 3.8) is 0 Å². The molecule has 176 valence electrons. The molecule has 0 bridgehead atoms. The van der Waals surface area contributed by atoms with E-state index in [1.165, 1.54) is 32.0 Å². The molecule has 0 atom stereocenters. The van der Waals surface area contributed by atoms with Crippen molar-refractivity contribution in [2.75, 3.05) is 48.0 Å². The molecule has 3 aromatic rings. The summed E-state index contributed by atoms with van der Waals surface area (Å²) in [6, 6.07) is 12.1. The molecule has 0 saturated carbocycles. The second-order valence-corrected chi connectivity index (χ2v) is 6.86. The molecule has 0 spiro atoms. The molecule has 3 rings (SSSR count). The zero-order valence-corrected chi connectivity index (χ0v) is 19.6. The molecule has 33 heavy (non-hydrogen) atoms. The van der Waals surface area contributed by atoms with E-state index in [-0.39, 0.29) is 5.56 Å². The molecule has 0 unspecified atom stereocenters. The highest BCUT2D eigenvalue weighted by Gasteiger charge is 2.17. The molecule has 0 saturated heterocycles. The molecule has 0 fully saturated rings. The maximum atomic E-state index is 12.8. The van der Waals surface area contributed by atoms with Crippen LogP contribution in [0.2, 0.25) is 0 Å². The smallest absolute Gasteiger partial charge is 0.256 e. The Bertz CT molecular complexity index is 1120. The third kappa shape index (κ3) is 4.77. The number of hydrogen-bond acceptors (Lipinski definition) is 8. The Morgan fingerprint density at radius 2 is 1.18 bits per heavy atom. The quantitative estimate of drug-likeness (QED) is 0.496. The molecular weight excluding hydrogens is 428 g/mol. The Hall–Kier alpha value is -4.01. The zero-order valence-electron chi connectivity index (χ0n) is 19.6. The van der Waals surface area contributed by atoms with Gasteiger partial charge in [0.15, 0.2) is 23.0 Å². The third-order valence-electron chi connectivity index (χ3n) is 5.06. The average Bonchev–Trinajstić information content (AvgIpc) is 2.85. The van der Waals surface area contributed by atoms with Crippen LogP contribution in [0.25, 0.3) is 5.69 Å². The molecular formula is C24H28N2O7. The lowest BCUT2D eigenvalue weighted by molar-refractivity contribution is 0.324. The van der Waals surface area contributed by atoms with Gasteiger partial charge in [-0.15, -0.1) is 0 Å². The lowest BCUT2D eigenvalue weighted by atomic mass is 10.1. The number of nitrogens with zero attached hydrogens (tertiary/aromatic N) is 1. The van der Waals surface area contributed by atoms with Gasteiger partial charge in [0.05, 0.1) is 48.3 Å². The highest BCUT2D eigenvalue weighted by molar-refractivity contribution is 5.60. The van der Waals surface area contributed by atoms with Gasteiger partial charge in [0, 0.05) is 24.7 Å². The number of ether oxygens (including phenoxy) is 6. The van der Waals surface area contributed by atoms with Crippen molar-refractivity contribution in [3.05, 3.63) is 58.4 Å². The maximum Gasteiger partial charge on any atom is 0.256 e. The summed E-state index contributed by atoms with van der Waals surface area (Å²) in [6.45, 7) is 0.393. The van der Waals surface area contributed by atoms with Crippen LogP contribution < -0.4 is 39.3 Å². The fourth-order valence-corrected chi connectivity index (χ4v) is 3.52. The third-order valence-corrected chi connectivity index (χ3v) is 5.06. The summed E-state index contributed by atoms with van der Waals surface area (Å²) < 4.78 is 34.0. The van der Waals surface area contributed by atoms with Crippen LogP contribution in [0.1, 0.15) is 5.56 Å². The van der Waals surface area contributed by atoms with E-state index in [9.17, 15) is 4.79 Å². The molecule has 1 heterocycles. The number of rotatable bonds is 10. The van der Waals surface area contributed by atoms with E-state index < -0.39 is 0 Å². The maximum absolute atomic E-state index is 12.8. The molecule has 9 heteroatoms. The van der Waals surface area contributed by atoms with Gasteiger partial charge in [-0.3, -0.25) is 9.36 Å². The number of aromatic nitrogens is 1. The van der Waals surface area contributed by atoms with Crippen LogP contribution in [0.5, 0.6) is 34.5 Å². The fraction of sp³-hybridized carbons (Fsp3) is 0.292. The normalized spacial score (nSPS) is 10.4. The first-order valence-electron chi connectivity index (χ1n) is 10.1. The van der Waals surface area contributed by atoms with Crippen molar-refractivity contribution < 1.29 is 28.4 Å². The summed E-state index contributed by atoms with van der Waals surface area (Å²) in [7, 11) is 9.26. The molecule has 9 nitrogen and oxygen atoms in total. The van der Waals surface area contributed by atoms with Gasteiger partial charge in [-0.25, -0.2) is 0 Å². The molecule has 0 aliphatic heterocycles. The largest absolute Gasteiger partial charge is 0.493 e. The molecule has 0 aliphatic carbocycles. The van der Waals surface area contributed by atoms with E-state index in [1.807, 2.05) is 18.2 Å². The Balaban J connectivity index is 2.02. The standard InChI is InChI=1S/C24H28N2O7/c1-28-17-10-15(11-18(29-2)23(17)32-5)14-25-21-8-7-9-22(27)26(21)16-12-19(30-3)24(33-6)20(13-16)31-4/h7-13,25H,14H2,1-6H3. The molecule has 0 radical (unpaired) electrons. The van der Waals surface area contributed by atoms with Crippen molar-refractivity contribution in [1.82, 2.24) is 4.57 Å². The monoisotopic (exact) mass is 456 g/mol. The lowest BCUT2D eigenvalue weighted by Gasteiger charge is -2.19. The minimum absolute atomic E-state index is 0.223. The summed E-state index contributed by atoms with van der Waals surface area (Å²) in [5.74, 6) is 3.51. The second-order valence-electron chi connectivity index (χ2n) is 6.86. The predicted octanol–water partition coefficient (Wildman–Crippen LogP) is 3.50. The first-order valence-corrected chi connectivity index (χ1v) is 10.1. The van der Waals surface area contributed by atoms with Crippen LogP contribution >= 0.6 is 0 Å². The number of anilines is 1. The Labute approximate surface area is 192 Å². The van der Waals surface area contributed by atoms with E-state index in [0.717, 1.165) is 5.56 Å². The number of benzene rings is 2. The van der Waals surface area contributed by atoms with Crippen LogP contribution in [0.3, 0.4) is 0 Å². The summed E-state index contributed by atoms with van der Waals surface area (Å²) in [5, 5.41) is 3.31. The first-order chi connectivity index (χ1) is 16.0. The minimum atomic E-state index is -0.223. The van der Waals surface area contributed by atoms with Gasteiger partial charge >= 0.3 is 0 Å². The van der Waals surface area contributed by atoms with Crippen molar-refractivity contribution >= 4 is 5.82 Å². The molecule has 0 amide bonds. The van der Waals surface area contributed by atoms with Gasteiger partial charge < -0.3 is 33.7 Å². The SMILES string of the molecule is COc1cc(CNc2cccc(=O)n2-c2cc(OC)c(OC)c(OC)c2)cc(OC)c1OC. The highest BCUT2D eigenvalue weighted by atomic mass is 16.5. The first kappa shape index (κ1) is 23.6. The van der Waals surface area contributed by atoms with E-state index in [4.69, 9.17) is 28.4 Å².